The van der Waals surface area contributed by atoms with E-state index in [4.69, 9.17) is 16.2 Å². The van der Waals surface area contributed by atoms with Crippen molar-refractivity contribution in [3.05, 3.63) is 136 Å². The van der Waals surface area contributed by atoms with Crippen LogP contribution in [0, 0.1) is 5.92 Å². The van der Waals surface area contributed by atoms with Gasteiger partial charge in [-0.3, -0.25) is 43.4 Å². The molecule has 4 aromatic rings. The quantitative estimate of drug-likeness (QED) is 0.0287. The Labute approximate surface area is 524 Å². The van der Waals surface area contributed by atoms with Crippen LogP contribution in [0.1, 0.15) is 134 Å². The van der Waals surface area contributed by atoms with E-state index in [-0.39, 0.29) is 81.0 Å². The fraction of sp³-hybridized carbons (Fsp3) is 0.431. The minimum Gasteiger partial charge on any atom is -0.445 e. The first kappa shape index (κ1) is 68.0. The molecule has 480 valence electrons. The molecule has 3 atom stereocenters. The molecule has 90 heavy (non-hydrogen) atoms. The van der Waals surface area contributed by atoms with Crippen molar-refractivity contribution in [1.29, 1.82) is 0 Å². The number of amides is 10. The molecule has 0 fully saturated rings. The zero-order chi connectivity index (χ0) is 64.7. The number of primary amides is 1. The lowest BCUT2D eigenvalue weighted by Gasteiger charge is -2.28. The van der Waals surface area contributed by atoms with E-state index in [0.29, 0.717) is 109 Å². The van der Waals surface area contributed by atoms with Crippen molar-refractivity contribution in [2.45, 2.75) is 130 Å². The lowest BCUT2D eigenvalue weighted by molar-refractivity contribution is -0.132. The number of anilines is 2. The van der Waals surface area contributed by atoms with Gasteiger partial charge in [-0.25, -0.2) is 14.6 Å². The number of hydrogen-bond acceptors (Lipinski definition) is 15. The van der Waals surface area contributed by atoms with Gasteiger partial charge >= 0.3 is 12.1 Å². The Balaban J connectivity index is 0.804. The normalized spacial score (nSPS) is 15.0. The van der Waals surface area contributed by atoms with E-state index in [2.05, 4.69) is 52.1 Å². The molecule has 3 unspecified atom stereocenters. The number of aliphatic hydroxyl groups excluding tert-OH is 1. The zero-order valence-corrected chi connectivity index (χ0v) is 51.6. The SMILES string of the molecule is CCCN(CCC)C(=O)C1=Cc2ccc(C(=O)Nc3cnc4c(c3)CN(Cc3ccc(C(=O)NCCNC(=O)OCc5ccc(NC(=O)C(CCCNC(N)=O)NC(=O)C(NC(=O)CCCCCN6C(=O)C=CC6O)C(C)C)cc5)cc3)CC4)cc2N=C(N)C1. The number of pyridine rings is 1. The third kappa shape index (κ3) is 20.5. The second-order valence-corrected chi connectivity index (χ2v) is 22.8. The van der Waals surface area contributed by atoms with Gasteiger partial charge in [0.25, 0.3) is 11.8 Å². The monoisotopic (exact) mass is 1240 g/mol. The van der Waals surface area contributed by atoms with Crippen LogP contribution in [0.4, 0.5) is 26.7 Å². The fourth-order valence-electron chi connectivity index (χ4n) is 10.5. The molecule has 4 heterocycles. The molecule has 3 aliphatic rings. The zero-order valence-electron chi connectivity index (χ0n) is 51.6. The van der Waals surface area contributed by atoms with Gasteiger partial charge in [-0.05, 0) is 116 Å². The van der Waals surface area contributed by atoms with Gasteiger partial charge < -0.3 is 68.3 Å². The lowest BCUT2D eigenvalue weighted by Crippen LogP contribution is -2.54. The Hall–Kier alpha value is -9.49. The number of alkyl carbamates (subject to hydrolysis) is 1. The summed E-state index contributed by atoms with van der Waals surface area (Å²) in [5.74, 6) is -2.48. The number of rotatable bonds is 31. The Morgan fingerprint density at radius 2 is 1.51 bits per heavy atom. The summed E-state index contributed by atoms with van der Waals surface area (Å²) in [5.41, 5.74) is 18.6. The van der Waals surface area contributed by atoms with Crippen LogP contribution in [0.5, 0.6) is 0 Å². The van der Waals surface area contributed by atoms with Crippen molar-refractivity contribution in [2.75, 3.05) is 56.4 Å². The van der Waals surface area contributed by atoms with Crippen molar-refractivity contribution >= 4 is 82.4 Å². The van der Waals surface area contributed by atoms with Gasteiger partial charge in [0.15, 0.2) is 0 Å². The van der Waals surface area contributed by atoms with Crippen molar-refractivity contribution in [2.24, 2.45) is 22.4 Å². The molecule has 0 aliphatic carbocycles. The first-order chi connectivity index (χ1) is 43.3. The topological polar surface area (TPSA) is 354 Å². The molecular weight excluding hydrogens is 1150 g/mol. The predicted molar refractivity (Wildman–Crippen MR) is 340 cm³/mol. The highest BCUT2D eigenvalue weighted by Crippen LogP contribution is 2.30. The maximum Gasteiger partial charge on any atom is 0.407 e. The van der Waals surface area contributed by atoms with E-state index in [9.17, 15) is 48.3 Å². The summed E-state index contributed by atoms with van der Waals surface area (Å²) in [4.78, 5) is 131. The number of unbranched alkanes of at least 4 members (excludes halogenated alkanes) is 2. The first-order valence-corrected chi connectivity index (χ1v) is 30.7. The average molecular weight is 1240 g/mol. The van der Waals surface area contributed by atoms with Crippen molar-refractivity contribution in [3.8, 4) is 0 Å². The molecule has 0 saturated heterocycles. The van der Waals surface area contributed by atoms with Crippen LogP contribution in [0.3, 0.4) is 0 Å². The average Bonchev–Trinajstić information content (AvgIpc) is 1.59. The standard InChI is InChI=1S/C65H84N14O11/c1-5-29-78(30-6-2)63(87)47-33-45-19-20-46(35-53(45)74-54(66)36-47)60(84)73-50-34-48-39-77(32-25-51(48)71-37-50)38-42-13-17-44(18-14-42)59(83)68-27-28-70-65(89)90-40-43-15-21-49(22-16-43)72-61(85)52(11-10-26-69-64(67)88)75-62(86)58(41(3)4)76-55(80)12-8-7-9-31-79-56(81)23-24-57(79)82/h13-24,33-35,37,41,52,56,58,81H,5-12,25-32,36,38-40H2,1-4H3,(H2,66,74)(H,68,83)(H,70,89)(H,72,85)(H,73,84)(H,75,86)(H,76,80)(H3,67,69,88). The van der Waals surface area contributed by atoms with E-state index < -0.39 is 42.3 Å². The molecule has 7 rings (SSSR count). The van der Waals surface area contributed by atoms with Crippen molar-refractivity contribution in [1.82, 2.24) is 46.3 Å². The number of aromatic nitrogens is 1. The highest BCUT2D eigenvalue weighted by molar-refractivity contribution is 6.08. The number of amidine groups is 1. The number of benzene rings is 3. The van der Waals surface area contributed by atoms with E-state index in [1.165, 1.54) is 17.1 Å². The Morgan fingerprint density at radius 1 is 0.789 bits per heavy atom. The molecule has 1 aromatic heterocycles. The third-order valence-electron chi connectivity index (χ3n) is 15.3. The Bertz CT molecular complexity index is 3310. The molecule has 3 aliphatic heterocycles. The summed E-state index contributed by atoms with van der Waals surface area (Å²) in [6.07, 6.45) is 9.42. The number of hydrogen-bond donors (Lipinski definition) is 10. The smallest absolute Gasteiger partial charge is 0.407 e. The molecule has 0 radical (unpaired) electrons. The number of urea groups is 1. The van der Waals surface area contributed by atoms with Crippen LogP contribution in [0.15, 0.2) is 102 Å². The van der Waals surface area contributed by atoms with Gasteiger partial charge in [-0.1, -0.05) is 64.4 Å². The van der Waals surface area contributed by atoms with Crippen LogP contribution < -0.4 is 48.7 Å². The van der Waals surface area contributed by atoms with Gasteiger partial charge in [0.1, 0.15) is 30.8 Å². The number of nitrogens with two attached hydrogens (primary N) is 2. The number of nitrogens with one attached hydrogen (secondary N) is 7. The summed E-state index contributed by atoms with van der Waals surface area (Å²) < 4.78 is 5.37. The van der Waals surface area contributed by atoms with Crippen LogP contribution in [-0.4, -0.2) is 148 Å². The summed E-state index contributed by atoms with van der Waals surface area (Å²) in [5, 5.41) is 29.1. The fourth-order valence-corrected chi connectivity index (χ4v) is 10.5. The molecular formula is C65H84N14O11. The second kappa shape index (κ2) is 33.7. The predicted octanol–water partition coefficient (Wildman–Crippen LogP) is 5.26. The second-order valence-electron chi connectivity index (χ2n) is 22.8. The molecule has 0 saturated carbocycles. The Morgan fingerprint density at radius 3 is 2.21 bits per heavy atom. The molecule has 0 bridgehead atoms. The van der Waals surface area contributed by atoms with Crippen LogP contribution in [-0.2, 0) is 54.8 Å². The summed E-state index contributed by atoms with van der Waals surface area (Å²) in [7, 11) is 0. The number of nitrogens with zero attached hydrogens (tertiary/aromatic N) is 5. The van der Waals surface area contributed by atoms with E-state index in [1.807, 2.05) is 43.0 Å². The van der Waals surface area contributed by atoms with E-state index >= 15 is 0 Å². The molecule has 12 N–H and O–H groups in total. The van der Waals surface area contributed by atoms with Gasteiger partial charge in [0, 0.05) is 118 Å². The van der Waals surface area contributed by atoms with Gasteiger partial charge in [-0.15, -0.1) is 0 Å². The highest BCUT2D eigenvalue weighted by atomic mass is 16.5. The molecule has 10 amide bonds. The lowest BCUT2D eigenvalue weighted by atomic mass is 10.0. The van der Waals surface area contributed by atoms with Crippen LogP contribution in [0.25, 0.3) is 6.08 Å². The number of carbonyl (C=O) groups excluding carboxylic acids is 9. The first-order valence-electron chi connectivity index (χ1n) is 30.7. The molecule has 3 aromatic carbocycles. The number of carbonyl (C=O) groups is 9. The van der Waals surface area contributed by atoms with E-state index in [0.717, 1.165) is 42.6 Å². The van der Waals surface area contributed by atoms with Gasteiger partial charge in [-0.2, -0.15) is 0 Å². The van der Waals surface area contributed by atoms with Crippen LogP contribution >= 0.6 is 0 Å². The van der Waals surface area contributed by atoms with Crippen LogP contribution in [0.2, 0.25) is 0 Å². The number of aliphatic hydroxyl groups is 1. The minimum atomic E-state index is -1.06. The van der Waals surface area contributed by atoms with Gasteiger partial charge in [0.05, 0.1) is 17.6 Å². The molecule has 0 spiro atoms. The highest BCUT2D eigenvalue weighted by Gasteiger charge is 2.30. The molecule has 25 heteroatoms. The maximum absolute atomic E-state index is 13.6. The van der Waals surface area contributed by atoms with Gasteiger partial charge in [0.2, 0.25) is 29.5 Å². The summed E-state index contributed by atoms with van der Waals surface area (Å²) in [6, 6.07) is 18.2. The minimum absolute atomic E-state index is 0.0589. The Kier molecular flexibility index (Phi) is 25.5. The van der Waals surface area contributed by atoms with Crippen molar-refractivity contribution < 1.29 is 53.0 Å². The maximum atomic E-state index is 13.6. The number of ether oxygens (including phenoxy) is 1. The molecule has 25 nitrogen and oxygen atoms in total. The number of aliphatic imine (C=N–C) groups is 1. The van der Waals surface area contributed by atoms with E-state index in [1.54, 1.807) is 74.6 Å². The number of fused-ring (bicyclic) bond motifs is 2. The largest absolute Gasteiger partial charge is 0.445 e. The summed E-state index contributed by atoms with van der Waals surface area (Å²) in [6.45, 7) is 11.5. The van der Waals surface area contributed by atoms with Crippen molar-refractivity contribution in [3.63, 3.8) is 0 Å². The summed E-state index contributed by atoms with van der Waals surface area (Å²) >= 11 is 0. The third-order valence-corrected chi connectivity index (χ3v) is 15.3.